The highest BCUT2D eigenvalue weighted by atomic mass is 16.2. The maximum atomic E-state index is 12.5. The molecule has 18 heavy (non-hydrogen) atoms. The van der Waals surface area contributed by atoms with Crippen LogP contribution >= 0.6 is 0 Å². The zero-order valence-corrected chi connectivity index (χ0v) is 11.4. The molecule has 1 aromatic carbocycles. The second-order valence-corrected chi connectivity index (χ2v) is 5.44. The third-order valence-electron chi connectivity index (χ3n) is 4.01. The predicted octanol–water partition coefficient (Wildman–Crippen LogP) is 2.11. The molecule has 1 aliphatic heterocycles. The highest BCUT2D eigenvalue weighted by Crippen LogP contribution is 2.24. The fraction of sp³-hybridized carbons (Fsp3) is 0.533. The predicted molar refractivity (Wildman–Crippen MR) is 73.6 cm³/mol. The summed E-state index contributed by atoms with van der Waals surface area (Å²) in [7, 11) is 0. The molecule has 2 unspecified atom stereocenters. The molecule has 1 aromatic rings. The summed E-state index contributed by atoms with van der Waals surface area (Å²) in [5.74, 6) is 0.594. The number of hydrogen-bond donors (Lipinski definition) is 1. The lowest BCUT2D eigenvalue weighted by molar-refractivity contribution is 0.0743. The van der Waals surface area contributed by atoms with Crippen LogP contribution in [0.5, 0.6) is 0 Å². The molecule has 1 amide bonds. The van der Waals surface area contributed by atoms with Crippen LogP contribution in [0.25, 0.3) is 0 Å². The first kappa shape index (κ1) is 13.1. The summed E-state index contributed by atoms with van der Waals surface area (Å²) in [6, 6.07) is 6.23. The van der Waals surface area contributed by atoms with E-state index in [4.69, 9.17) is 5.73 Å². The minimum atomic E-state index is 0.140. The van der Waals surface area contributed by atoms with Gasteiger partial charge in [-0.1, -0.05) is 6.07 Å². The quantitative estimate of drug-likeness (QED) is 0.868. The molecule has 0 radical (unpaired) electrons. The van der Waals surface area contributed by atoms with E-state index < -0.39 is 0 Å². The van der Waals surface area contributed by atoms with Crippen LogP contribution in [0, 0.1) is 19.8 Å². The van der Waals surface area contributed by atoms with Gasteiger partial charge >= 0.3 is 0 Å². The van der Waals surface area contributed by atoms with Gasteiger partial charge in [-0.15, -0.1) is 0 Å². The molecule has 1 aliphatic rings. The Kier molecular flexibility index (Phi) is 3.71. The van der Waals surface area contributed by atoms with Gasteiger partial charge in [-0.25, -0.2) is 0 Å². The monoisotopic (exact) mass is 246 g/mol. The molecule has 3 heteroatoms. The SMILES string of the molecule is Cc1ccc(C(=O)N2CC(CN)CC2C)cc1C. The van der Waals surface area contributed by atoms with Crippen LogP contribution in [0.1, 0.15) is 34.8 Å². The Morgan fingerprint density at radius 2 is 2.11 bits per heavy atom. The summed E-state index contributed by atoms with van der Waals surface area (Å²) in [4.78, 5) is 14.4. The molecule has 98 valence electrons. The smallest absolute Gasteiger partial charge is 0.254 e. The average Bonchev–Trinajstić information content (AvgIpc) is 2.73. The summed E-state index contributed by atoms with van der Waals surface area (Å²) in [6.07, 6.45) is 1.02. The largest absolute Gasteiger partial charge is 0.336 e. The minimum absolute atomic E-state index is 0.140. The van der Waals surface area contributed by atoms with Crippen molar-refractivity contribution in [3.05, 3.63) is 34.9 Å². The third kappa shape index (κ3) is 2.41. The number of carbonyl (C=O) groups is 1. The lowest BCUT2D eigenvalue weighted by atomic mass is 10.1. The number of amides is 1. The van der Waals surface area contributed by atoms with Crippen LogP contribution in [0.3, 0.4) is 0 Å². The summed E-state index contributed by atoms with van der Waals surface area (Å²) < 4.78 is 0. The van der Waals surface area contributed by atoms with E-state index in [9.17, 15) is 4.79 Å². The Morgan fingerprint density at radius 1 is 1.39 bits per heavy atom. The van der Waals surface area contributed by atoms with Gasteiger partial charge in [0.25, 0.3) is 5.91 Å². The second-order valence-electron chi connectivity index (χ2n) is 5.44. The van der Waals surface area contributed by atoms with Crippen LogP contribution in [0.2, 0.25) is 0 Å². The number of nitrogens with zero attached hydrogens (tertiary/aromatic N) is 1. The van der Waals surface area contributed by atoms with Gasteiger partial charge in [0.05, 0.1) is 0 Å². The molecule has 1 fully saturated rings. The van der Waals surface area contributed by atoms with Crippen molar-refractivity contribution in [2.75, 3.05) is 13.1 Å². The van der Waals surface area contributed by atoms with E-state index in [0.29, 0.717) is 18.5 Å². The molecule has 2 N–H and O–H groups in total. The van der Waals surface area contributed by atoms with Crippen molar-refractivity contribution in [3.8, 4) is 0 Å². The van der Waals surface area contributed by atoms with Gasteiger partial charge in [-0.3, -0.25) is 4.79 Å². The number of carbonyl (C=O) groups excluding carboxylic acids is 1. The lowest BCUT2D eigenvalue weighted by Crippen LogP contribution is -2.34. The first-order chi connectivity index (χ1) is 8.52. The lowest BCUT2D eigenvalue weighted by Gasteiger charge is -2.22. The average molecular weight is 246 g/mol. The van der Waals surface area contributed by atoms with E-state index in [0.717, 1.165) is 18.5 Å². The summed E-state index contributed by atoms with van der Waals surface area (Å²) in [5, 5.41) is 0. The summed E-state index contributed by atoms with van der Waals surface area (Å²) in [5.41, 5.74) is 8.89. The van der Waals surface area contributed by atoms with Gasteiger partial charge in [0.1, 0.15) is 0 Å². The van der Waals surface area contributed by atoms with Crippen molar-refractivity contribution >= 4 is 5.91 Å². The van der Waals surface area contributed by atoms with E-state index in [-0.39, 0.29) is 5.91 Å². The highest BCUT2D eigenvalue weighted by Gasteiger charge is 2.32. The third-order valence-corrected chi connectivity index (χ3v) is 4.01. The Hall–Kier alpha value is -1.35. The molecule has 0 saturated carbocycles. The topological polar surface area (TPSA) is 46.3 Å². The van der Waals surface area contributed by atoms with E-state index in [1.807, 2.05) is 30.0 Å². The number of likely N-dealkylation sites (tertiary alicyclic amines) is 1. The molecule has 2 rings (SSSR count). The van der Waals surface area contributed by atoms with Crippen molar-refractivity contribution in [2.45, 2.75) is 33.2 Å². The van der Waals surface area contributed by atoms with E-state index in [2.05, 4.69) is 13.8 Å². The first-order valence-electron chi connectivity index (χ1n) is 6.61. The van der Waals surface area contributed by atoms with E-state index in [1.54, 1.807) is 0 Å². The van der Waals surface area contributed by atoms with Crippen molar-refractivity contribution in [3.63, 3.8) is 0 Å². The molecule has 2 atom stereocenters. The number of aryl methyl sites for hydroxylation is 2. The van der Waals surface area contributed by atoms with Crippen LogP contribution in [-0.2, 0) is 0 Å². The number of hydrogen-bond acceptors (Lipinski definition) is 2. The first-order valence-corrected chi connectivity index (χ1v) is 6.61. The summed E-state index contributed by atoms with van der Waals surface area (Å²) >= 11 is 0. The highest BCUT2D eigenvalue weighted by molar-refractivity contribution is 5.94. The van der Waals surface area contributed by atoms with Gasteiger partial charge in [-0.2, -0.15) is 0 Å². The fourth-order valence-electron chi connectivity index (χ4n) is 2.64. The van der Waals surface area contributed by atoms with Gasteiger partial charge in [-0.05, 0) is 62.9 Å². The van der Waals surface area contributed by atoms with Crippen molar-refractivity contribution in [2.24, 2.45) is 11.7 Å². The van der Waals surface area contributed by atoms with Crippen LogP contribution in [-0.4, -0.2) is 29.9 Å². The van der Waals surface area contributed by atoms with Gasteiger partial charge in [0, 0.05) is 18.2 Å². The number of benzene rings is 1. The molecular weight excluding hydrogens is 224 g/mol. The van der Waals surface area contributed by atoms with Crippen molar-refractivity contribution in [1.82, 2.24) is 4.90 Å². The Morgan fingerprint density at radius 3 is 2.67 bits per heavy atom. The van der Waals surface area contributed by atoms with E-state index in [1.165, 1.54) is 11.1 Å². The Balaban J connectivity index is 2.18. The zero-order valence-electron chi connectivity index (χ0n) is 11.4. The number of rotatable bonds is 2. The zero-order chi connectivity index (χ0) is 13.3. The minimum Gasteiger partial charge on any atom is -0.336 e. The molecule has 0 bridgehead atoms. The number of nitrogens with two attached hydrogens (primary N) is 1. The normalized spacial score (nSPS) is 23.4. The van der Waals surface area contributed by atoms with Gasteiger partial charge in [0.15, 0.2) is 0 Å². The molecule has 0 aromatic heterocycles. The maximum absolute atomic E-state index is 12.5. The fourth-order valence-corrected chi connectivity index (χ4v) is 2.64. The molecule has 0 aliphatic carbocycles. The summed E-state index contributed by atoms with van der Waals surface area (Å²) in [6.45, 7) is 7.67. The Labute approximate surface area is 109 Å². The molecule has 0 spiro atoms. The Bertz CT molecular complexity index is 456. The standard InChI is InChI=1S/C15H22N2O/c1-10-4-5-14(6-11(10)2)15(18)17-9-13(8-16)7-12(17)3/h4-6,12-13H,7-9,16H2,1-3H3. The van der Waals surface area contributed by atoms with Gasteiger partial charge in [0.2, 0.25) is 0 Å². The van der Waals surface area contributed by atoms with Crippen LogP contribution in [0.15, 0.2) is 18.2 Å². The second kappa shape index (κ2) is 5.11. The molecule has 1 heterocycles. The van der Waals surface area contributed by atoms with Crippen LogP contribution in [0.4, 0.5) is 0 Å². The van der Waals surface area contributed by atoms with Gasteiger partial charge < -0.3 is 10.6 Å². The van der Waals surface area contributed by atoms with Crippen LogP contribution < -0.4 is 5.73 Å². The van der Waals surface area contributed by atoms with E-state index >= 15 is 0 Å². The molecule has 1 saturated heterocycles. The molecular formula is C15H22N2O. The molecule has 3 nitrogen and oxygen atoms in total. The van der Waals surface area contributed by atoms with Crippen molar-refractivity contribution in [1.29, 1.82) is 0 Å². The van der Waals surface area contributed by atoms with Crippen molar-refractivity contribution < 1.29 is 4.79 Å². The maximum Gasteiger partial charge on any atom is 0.254 e.